The van der Waals surface area contributed by atoms with Crippen LogP contribution in [0, 0.1) is 0 Å². The Balaban J connectivity index is 2.59. The average Bonchev–Trinajstić information content (AvgIpc) is 2.47. The maximum atomic E-state index is 11.2. The van der Waals surface area contributed by atoms with Gasteiger partial charge in [0.1, 0.15) is 12.2 Å². The fourth-order valence-electron chi connectivity index (χ4n) is 0.943. The van der Waals surface area contributed by atoms with E-state index in [9.17, 15) is 9.59 Å². The Labute approximate surface area is 75.0 Å². The SMILES string of the molecule is Cn1cccc1C(=O)NCC(=O)O. The Hall–Kier alpha value is -1.78. The molecule has 1 amide bonds. The Kier molecular flexibility index (Phi) is 2.69. The molecule has 5 heteroatoms. The highest BCUT2D eigenvalue weighted by Gasteiger charge is 2.08. The molecule has 0 fully saturated rings. The Morgan fingerprint density at radius 1 is 1.62 bits per heavy atom. The summed E-state index contributed by atoms with van der Waals surface area (Å²) in [6, 6.07) is 3.34. The third-order valence-electron chi connectivity index (χ3n) is 1.58. The maximum Gasteiger partial charge on any atom is 0.322 e. The molecule has 70 valence electrons. The van der Waals surface area contributed by atoms with Crippen molar-refractivity contribution in [1.29, 1.82) is 0 Å². The Morgan fingerprint density at radius 3 is 2.77 bits per heavy atom. The van der Waals surface area contributed by atoms with Gasteiger partial charge in [0.2, 0.25) is 0 Å². The first-order valence-electron chi connectivity index (χ1n) is 3.72. The van der Waals surface area contributed by atoms with Crippen molar-refractivity contribution >= 4 is 11.9 Å². The summed E-state index contributed by atoms with van der Waals surface area (Å²) in [5.74, 6) is -1.43. The fourth-order valence-corrected chi connectivity index (χ4v) is 0.943. The largest absolute Gasteiger partial charge is 0.480 e. The van der Waals surface area contributed by atoms with Gasteiger partial charge in [0.05, 0.1) is 0 Å². The van der Waals surface area contributed by atoms with Crippen LogP contribution in [-0.4, -0.2) is 28.1 Å². The number of hydrogen-bond donors (Lipinski definition) is 2. The molecule has 0 spiro atoms. The van der Waals surface area contributed by atoms with Gasteiger partial charge in [-0.2, -0.15) is 0 Å². The lowest BCUT2D eigenvalue weighted by Gasteiger charge is -2.02. The van der Waals surface area contributed by atoms with E-state index in [0.717, 1.165) is 0 Å². The summed E-state index contributed by atoms with van der Waals surface area (Å²) < 4.78 is 1.62. The third kappa shape index (κ3) is 2.33. The van der Waals surface area contributed by atoms with E-state index in [0.29, 0.717) is 5.69 Å². The lowest BCUT2D eigenvalue weighted by Crippen LogP contribution is -2.30. The standard InChI is InChI=1S/C8H10N2O3/c1-10-4-2-3-6(10)8(13)9-5-7(11)12/h2-4H,5H2,1H3,(H,9,13)(H,11,12). The first-order valence-corrected chi connectivity index (χ1v) is 3.72. The van der Waals surface area contributed by atoms with Gasteiger partial charge in [-0.25, -0.2) is 0 Å². The summed E-state index contributed by atoms with van der Waals surface area (Å²) in [7, 11) is 1.72. The van der Waals surface area contributed by atoms with Gasteiger partial charge in [-0.15, -0.1) is 0 Å². The number of nitrogens with one attached hydrogen (secondary N) is 1. The number of aryl methyl sites for hydroxylation is 1. The van der Waals surface area contributed by atoms with Crippen molar-refractivity contribution in [1.82, 2.24) is 9.88 Å². The number of aliphatic carboxylic acids is 1. The van der Waals surface area contributed by atoms with Crippen LogP contribution in [0.4, 0.5) is 0 Å². The van der Waals surface area contributed by atoms with Crippen molar-refractivity contribution in [3.63, 3.8) is 0 Å². The summed E-state index contributed by atoms with van der Waals surface area (Å²) in [6.07, 6.45) is 1.72. The van der Waals surface area contributed by atoms with Crippen molar-refractivity contribution < 1.29 is 14.7 Å². The van der Waals surface area contributed by atoms with Gasteiger partial charge in [-0.3, -0.25) is 9.59 Å². The quantitative estimate of drug-likeness (QED) is 0.682. The predicted molar refractivity (Wildman–Crippen MR) is 45.4 cm³/mol. The van der Waals surface area contributed by atoms with Crippen LogP contribution in [0.15, 0.2) is 18.3 Å². The molecule has 1 heterocycles. The highest BCUT2D eigenvalue weighted by Crippen LogP contribution is 1.98. The minimum atomic E-state index is -1.05. The number of hydrogen-bond acceptors (Lipinski definition) is 2. The number of nitrogens with zero attached hydrogens (tertiary/aromatic N) is 1. The van der Waals surface area contributed by atoms with Gasteiger partial charge in [0, 0.05) is 13.2 Å². The van der Waals surface area contributed by atoms with Gasteiger partial charge in [-0.1, -0.05) is 0 Å². The highest BCUT2D eigenvalue weighted by atomic mass is 16.4. The van der Waals surface area contributed by atoms with Crippen LogP contribution in [0.2, 0.25) is 0 Å². The molecule has 0 unspecified atom stereocenters. The van der Waals surface area contributed by atoms with E-state index in [-0.39, 0.29) is 12.5 Å². The molecular weight excluding hydrogens is 172 g/mol. The molecule has 0 aliphatic heterocycles. The number of rotatable bonds is 3. The van der Waals surface area contributed by atoms with Gasteiger partial charge < -0.3 is 15.0 Å². The van der Waals surface area contributed by atoms with Crippen LogP contribution in [0.3, 0.4) is 0 Å². The number of aromatic nitrogens is 1. The van der Waals surface area contributed by atoms with Gasteiger partial charge in [-0.05, 0) is 12.1 Å². The van der Waals surface area contributed by atoms with Crippen LogP contribution >= 0.6 is 0 Å². The molecule has 2 N–H and O–H groups in total. The molecule has 0 saturated carbocycles. The van der Waals surface area contributed by atoms with E-state index in [1.165, 1.54) is 0 Å². The summed E-state index contributed by atoms with van der Waals surface area (Å²) in [6.45, 7) is -0.357. The molecular formula is C8H10N2O3. The average molecular weight is 182 g/mol. The highest BCUT2D eigenvalue weighted by molar-refractivity contribution is 5.94. The van der Waals surface area contributed by atoms with Crippen molar-refractivity contribution in [2.45, 2.75) is 0 Å². The second-order valence-corrected chi connectivity index (χ2v) is 2.58. The normalized spacial score (nSPS) is 9.62. The molecule has 0 atom stereocenters. The van der Waals surface area contributed by atoms with Crippen LogP contribution in [0.5, 0.6) is 0 Å². The minimum Gasteiger partial charge on any atom is -0.480 e. The molecule has 1 rings (SSSR count). The van der Waals surface area contributed by atoms with E-state index in [2.05, 4.69) is 5.32 Å². The van der Waals surface area contributed by atoms with Crippen molar-refractivity contribution in [2.24, 2.45) is 7.05 Å². The van der Waals surface area contributed by atoms with Gasteiger partial charge in [0.25, 0.3) is 5.91 Å². The molecule has 0 aliphatic rings. The summed E-state index contributed by atoms with van der Waals surface area (Å²) in [5, 5.41) is 10.6. The Morgan fingerprint density at radius 2 is 2.31 bits per heavy atom. The smallest absolute Gasteiger partial charge is 0.322 e. The van der Waals surface area contributed by atoms with Crippen LogP contribution in [0.1, 0.15) is 10.5 Å². The van der Waals surface area contributed by atoms with E-state index in [4.69, 9.17) is 5.11 Å². The molecule has 0 bridgehead atoms. The molecule has 1 aromatic rings. The summed E-state index contributed by atoms with van der Waals surface area (Å²) in [4.78, 5) is 21.4. The van der Waals surface area contributed by atoms with E-state index >= 15 is 0 Å². The van der Waals surface area contributed by atoms with Gasteiger partial charge in [0.15, 0.2) is 0 Å². The molecule has 0 aliphatic carbocycles. The first-order chi connectivity index (χ1) is 6.11. The van der Waals surface area contributed by atoms with Crippen molar-refractivity contribution in [2.75, 3.05) is 6.54 Å². The second kappa shape index (κ2) is 3.75. The molecule has 13 heavy (non-hydrogen) atoms. The lowest BCUT2D eigenvalue weighted by molar-refractivity contribution is -0.135. The van der Waals surface area contributed by atoms with E-state index in [1.807, 2.05) is 0 Å². The predicted octanol–water partition coefficient (Wildman–Crippen LogP) is -0.161. The fraction of sp³-hybridized carbons (Fsp3) is 0.250. The van der Waals surface area contributed by atoms with E-state index < -0.39 is 5.97 Å². The molecule has 1 aromatic heterocycles. The minimum absolute atomic E-state index is 0.357. The topological polar surface area (TPSA) is 71.3 Å². The van der Waals surface area contributed by atoms with Crippen LogP contribution in [-0.2, 0) is 11.8 Å². The maximum absolute atomic E-state index is 11.2. The summed E-state index contributed by atoms with van der Waals surface area (Å²) >= 11 is 0. The number of carboxylic acid groups (broad SMARTS) is 1. The molecule has 0 radical (unpaired) electrons. The second-order valence-electron chi connectivity index (χ2n) is 2.58. The van der Waals surface area contributed by atoms with Gasteiger partial charge >= 0.3 is 5.97 Å². The number of carbonyl (C=O) groups excluding carboxylic acids is 1. The first kappa shape index (κ1) is 9.31. The van der Waals surface area contributed by atoms with Crippen LogP contribution < -0.4 is 5.32 Å². The van der Waals surface area contributed by atoms with Crippen molar-refractivity contribution in [3.05, 3.63) is 24.0 Å². The third-order valence-corrected chi connectivity index (χ3v) is 1.58. The zero-order valence-corrected chi connectivity index (χ0v) is 7.15. The molecule has 0 saturated heterocycles. The number of carboxylic acids is 1. The monoisotopic (exact) mass is 182 g/mol. The zero-order valence-electron chi connectivity index (χ0n) is 7.15. The molecule has 0 aromatic carbocycles. The van der Waals surface area contributed by atoms with Crippen LogP contribution in [0.25, 0.3) is 0 Å². The van der Waals surface area contributed by atoms with E-state index in [1.54, 1.807) is 29.9 Å². The number of carbonyl (C=O) groups is 2. The number of amides is 1. The lowest BCUT2D eigenvalue weighted by atomic mass is 10.4. The molecule has 5 nitrogen and oxygen atoms in total. The van der Waals surface area contributed by atoms with Crippen molar-refractivity contribution in [3.8, 4) is 0 Å². The Bertz CT molecular complexity index is 330. The summed E-state index contributed by atoms with van der Waals surface area (Å²) in [5.41, 5.74) is 0.446. The zero-order chi connectivity index (χ0) is 9.84.